The van der Waals surface area contributed by atoms with Crippen LogP contribution in [0.2, 0.25) is 0 Å². The highest BCUT2D eigenvalue weighted by Gasteiger charge is 2.28. The van der Waals surface area contributed by atoms with Gasteiger partial charge in [-0.15, -0.1) is 0 Å². The highest BCUT2D eigenvalue weighted by Crippen LogP contribution is 2.40. The van der Waals surface area contributed by atoms with Crippen LogP contribution in [0.15, 0.2) is 78.4 Å². The Labute approximate surface area is 249 Å². The van der Waals surface area contributed by atoms with Gasteiger partial charge in [-0.25, -0.2) is 9.97 Å². The van der Waals surface area contributed by atoms with Crippen LogP contribution in [-0.4, -0.2) is 45.1 Å². The molecule has 0 aliphatic heterocycles. The first-order valence-electron chi connectivity index (χ1n) is 15.3. The van der Waals surface area contributed by atoms with E-state index in [0.717, 1.165) is 55.7 Å². The molecule has 0 radical (unpaired) electrons. The Morgan fingerprint density at radius 1 is 1.02 bits per heavy atom. The van der Waals surface area contributed by atoms with Gasteiger partial charge >= 0.3 is 0 Å². The lowest BCUT2D eigenvalue weighted by molar-refractivity contribution is 0.452. The molecule has 1 fully saturated rings. The Balaban J connectivity index is 0.00000165. The van der Waals surface area contributed by atoms with Crippen LogP contribution in [-0.2, 0) is 6.42 Å². The van der Waals surface area contributed by atoms with Crippen molar-refractivity contribution in [3.8, 4) is 10.4 Å². The standard InChI is InChI=1S/C32H38N6S.C2H6/c1-23-14-25(15-23)10-13-33-11-5-12-34-19-26-8-9-28(17-26)38-21-30(29-20-35-22-36-32(29)38)31-18-27(37-39-31)16-24-6-3-2-4-7-24;1-2/h2-4,6-7,14-15,18,20-22,26,28,33-34H,5,8-13,16-17,19H2,1H3;1-2H3. The van der Waals surface area contributed by atoms with Gasteiger partial charge in [-0.1, -0.05) is 61.9 Å². The summed E-state index contributed by atoms with van der Waals surface area (Å²) in [7, 11) is 0. The van der Waals surface area contributed by atoms with E-state index in [1.165, 1.54) is 52.8 Å². The Kier molecular flexibility index (Phi) is 10.5. The van der Waals surface area contributed by atoms with Crippen LogP contribution in [0.1, 0.15) is 70.2 Å². The zero-order chi connectivity index (χ0) is 28.4. The minimum absolute atomic E-state index is 0.486. The van der Waals surface area contributed by atoms with Gasteiger partial charge in [0.25, 0.3) is 0 Å². The van der Waals surface area contributed by atoms with Gasteiger partial charge in [-0.05, 0) is 99.9 Å². The summed E-state index contributed by atoms with van der Waals surface area (Å²) in [5, 5.41) is 8.42. The second kappa shape index (κ2) is 14.7. The summed E-state index contributed by atoms with van der Waals surface area (Å²) in [4.78, 5) is 10.3. The van der Waals surface area contributed by atoms with Crippen LogP contribution in [0.4, 0.5) is 0 Å². The molecule has 2 unspecified atom stereocenters. The third-order valence-corrected chi connectivity index (χ3v) is 8.87. The smallest absolute Gasteiger partial charge is 0.144 e. The van der Waals surface area contributed by atoms with E-state index in [0.29, 0.717) is 12.0 Å². The third kappa shape index (κ3) is 7.59. The van der Waals surface area contributed by atoms with Crippen molar-refractivity contribution < 1.29 is 0 Å². The first kappa shape index (κ1) is 29.4. The Morgan fingerprint density at radius 3 is 2.68 bits per heavy atom. The first-order chi connectivity index (χ1) is 20.2. The van der Waals surface area contributed by atoms with Crippen LogP contribution >= 0.6 is 11.5 Å². The van der Waals surface area contributed by atoms with Crippen molar-refractivity contribution >= 4 is 22.6 Å². The minimum Gasteiger partial charge on any atom is -0.329 e. The lowest BCUT2D eigenvalue weighted by atomic mass is 9.98. The fraction of sp³-hybridized carbons (Fsp3) is 0.441. The average molecular weight is 569 g/mol. The molecule has 1 saturated carbocycles. The van der Waals surface area contributed by atoms with Crippen molar-refractivity contribution in [2.75, 3.05) is 26.2 Å². The number of hydrogen-bond donors (Lipinski definition) is 2. The zero-order valence-corrected chi connectivity index (χ0v) is 25.6. The van der Waals surface area contributed by atoms with Gasteiger partial charge in [0.1, 0.15) is 12.0 Å². The average Bonchev–Trinajstić information content (AvgIpc) is 3.74. The first-order valence-corrected chi connectivity index (χ1v) is 16.1. The van der Waals surface area contributed by atoms with Gasteiger partial charge in [-0.3, -0.25) is 0 Å². The second-order valence-electron chi connectivity index (χ2n) is 11.1. The maximum absolute atomic E-state index is 4.77. The predicted octanol–water partition coefficient (Wildman–Crippen LogP) is 7.36. The van der Waals surface area contributed by atoms with Gasteiger partial charge in [0.2, 0.25) is 0 Å². The molecule has 1 aromatic carbocycles. The Bertz CT molecular complexity index is 1450. The maximum Gasteiger partial charge on any atom is 0.144 e. The van der Waals surface area contributed by atoms with Crippen molar-refractivity contribution in [1.82, 2.24) is 29.5 Å². The quantitative estimate of drug-likeness (QED) is 0.165. The van der Waals surface area contributed by atoms with Crippen molar-refractivity contribution in [2.45, 2.75) is 65.3 Å². The lowest BCUT2D eigenvalue weighted by Crippen LogP contribution is -2.26. The minimum atomic E-state index is 0.486. The van der Waals surface area contributed by atoms with E-state index in [4.69, 9.17) is 9.36 Å². The summed E-state index contributed by atoms with van der Waals surface area (Å²) in [5.41, 5.74) is 7.53. The third-order valence-electron chi connectivity index (χ3n) is 8.01. The van der Waals surface area contributed by atoms with Gasteiger partial charge in [-0.2, -0.15) is 4.37 Å². The lowest BCUT2D eigenvalue weighted by Gasteiger charge is -2.15. The fourth-order valence-electron chi connectivity index (χ4n) is 6.00. The molecule has 7 heteroatoms. The Hall–Kier alpha value is -3.13. The summed E-state index contributed by atoms with van der Waals surface area (Å²) in [6.45, 7) is 10.5. The Morgan fingerprint density at radius 2 is 1.85 bits per heavy atom. The summed E-state index contributed by atoms with van der Waals surface area (Å²) in [5.74, 6) is 0.715. The van der Waals surface area contributed by atoms with Crippen LogP contribution < -0.4 is 10.6 Å². The predicted molar refractivity (Wildman–Crippen MR) is 172 cm³/mol. The van der Waals surface area contributed by atoms with Gasteiger partial charge < -0.3 is 15.2 Å². The molecule has 0 spiro atoms. The largest absolute Gasteiger partial charge is 0.329 e. The van der Waals surface area contributed by atoms with Crippen molar-refractivity contribution in [3.05, 3.63) is 89.7 Å². The molecule has 2 aliphatic rings. The molecule has 2 aliphatic carbocycles. The summed E-state index contributed by atoms with van der Waals surface area (Å²) in [6, 6.07) is 13.3. The topological polar surface area (TPSA) is 67.7 Å². The van der Waals surface area contributed by atoms with E-state index < -0.39 is 0 Å². The van der Waals surface area contributed by atoms with E-state index >= 15 is 0 Å². The second-order valence-corrected chi connectivity index (χ2v) is 11.9. The molecule has 3 aromatic heterocycles. The molecule has 2 atom stereocenters. The molecule has 2 N–H and O–H groups in total. The molecular weight excluding hydrogens is 524 g/mol. The zero-order valence-electron chi connectivity index (χ0n) is 24.8. The summed E-state index contributed by atoms with van der Waals surface area (Å²) < 4.78 is 7.19. The van der Waals surface area contributed by atoms with Gasteiger partial charge in [0, 0.05) is 35.8 Å². The molecule has 216 valence electrons. The maximum atomic E-state index is 4.77. The molecule has 0 amide bonds. The van der Waals surface area contributed by atoms with E-state index in [9.17, 15) is 0 Å². The molecule has 4 aromatic rings. The van der Waals surface area contributed by atoms with Gasteiger partial charge in [0.15, 0.2) is 0 Å². The monoisotopic (exact) mass is 568 g/mol. The number of benzene rings is 1. The highest BCUT2D eigenvalue weighted by atomic mass is 32.1. The number of hydrogen-bond acceptors (Lipinski definition) is 6. The fourth-order valence-corrected chi connectivity index (χ4v) is 6.78. The number of nitrogens with one attached hydrogen (secondary N) is 2. The number of nitrogens with zero attached hydrogens (tertiary/aromatic N) is 4. The summed E-state index contributed by atoms with van der Waals surface area (Å²) >= 11 is 1.58. The van der Waals surface area contributed by atoms with Crippen LogP contribution in [0, 0.1) is 5.92 Å². The normalized spacial score (nSPS) is 18.0. The molecule has 6 nitrogen and oxygen atoms in total. The molecule has 3 heterocycles. The molecule has 6 rings (SSSR count). The number of allylic oxidation sites excluding steroid dienone is 3. The number of fused-ring (bicyclic) bond motifs is 1. The number of aromatic nitrogens is 4. The number of rotatable bonds is 13. The van der Waals surface area contributed by atoms with E-state index in [1.807, 2.05) is 20.0 Å². The van der Waals surface area contributed by atoms with Gasteiger partial charge in [0.05, 0.1) is 10.6 Å². The van der Waals surface area contributed by atoms with Crippen molar-refractivity contribution in [3.63, 3.8) is 0 Å². The van der Waals surface area contributed by atoms with Crippen LogP contribution in [0.3, 0.4) is 0 Å². The van der Waals surface area contributed by atoms with Crippen LogP contribution in [0.5, 0.6) is 0 Å². The molecule has 0 saturated heterocycles. The van der Waals surface area contributed by atoms with Crippen molar-refractivity contribution in [2.24, 2.45) is 5.92 Å². The highest BCUT2D eigenvalue weighted by molar-refractivity contribution is 7.09. The van der Waals surface area contributed by atoms with E-state index in [-0.39, 0.29) is 0 Å². The SMILES string of the molecule is CC.CC1=CC(CCNCCCNCC2CCC(n3cc(-c4cc(Cc5ccccc5)ns4)c4cncnc43)C2)=C1. The molecule has 41 heavy (non-hydrogen) atoms. The van der Waals surface area contributed by atoms with E-state index in [2.05, 4.69) is 81.9 Å². The summed E-state index contributed by atoms with van der Waals surface area (Å²) in [6.07, 6.45) is 17.4. The molecular formula is C34H44N6S. The van der Waals surface area contributed by atoms with E-state index in [1.54, 1.807) is 17.9 Å². The molecule has 0 bridgehead atoms. The van der Waals surface area contributed by atoms with Crippen molar-refractivity contribution in [1.29, 1.82) is 0 Å². The van der Waals surface area contributed by atoms with Crippen LogP contribution in [0.25, 0.3) is 21.5 Å².